The molecule has 0 bridgehead atoms. The Hall–Kier alpha value is -0.0600. The number of nitrogens with one attached hydrogen (secondary N) is 1. The van der Waals surface area contributed by atoms with Crippen LogP contribution in [0.3, 0.4) is 0 Å². The molecule has 4 heteroatoms. The summed E-state index contributed by atoms with van der Waals surface area (Å²) in [6, 6.07) is 0. The molecule has 8 heavy (non-hydrogen) atoms. The fraction of sp³-hybridized carbons (Fsp3) is 1.00. The number of rotatable bonds is 3. The Bertz CT molecular complexity index is 148. The molecule has 0 amide bonds. The molecule has 0 heterocycles. The Balaban J connectivity index is 2.98. The molecule has 0 saturated heterocycles. The molecule has 0 radical (unpaired) electrons. The van der Waals surface area contributed by atoms with Crippen molar-refractivity contribution in [2.75, 3.05) is 19.3 Å². The van der Waals surface area contributed by atoms with Crippen LogP contribution >= 0.6 is 0 Å². The van der Waals surface area contributed by atoms with Gasteiger partial charge in [-0.2, -0.15) is 0 Å². The molecule has 1 N–H and O–H groups in total. The van der Waals surface area contributed by atoms with E-state index < -0.39 is 10.5 Å². The van der Waals surface area contributed by atoms with Crippen molar-refractivity contribution in [2.24, 2.45) is 0 Å². The SMILES string of the molecule is CNCCCS(=O)#[O+]. The van der Waals surface area contributed by atoms with Crippen molar-refractivity contribution in [2.45, 2.75) is 6.42 Å². The zero-order chi connectivity index (χ0) is 6.41. The monoisotopic (exact) mass is 136 g/mol. The van der Waals surface area contributed by atoms with E-state index >= 15 is 0 Å². The van der Waals surface area contributed by atoms with Crippen molar-refractivity contribution in [3.63, 3.8) is 0 Å². The van der Waals surface area contributed by atoms with Gasteiger partial charge in [0, 0.05) is 0 Å². The van der Waals surface area contributed by atoms with Crippen molar-refractivity contribution in [3.8, 4) is 0 Å². The maximum atomic E-state index is 9.85. The van der Waals surface area contributed by atoms with Crippen molar-refractivity contribution < 1.29 is 8.25 Å². The average Bonchev–Trinajstić information content (AvgIpc) is 1.66. The van der Waals surface area contributed by atoms with Crippen LogP contribution in [0.1, 0.15) is 6.42 Å². The second kappa shape index (κ2) is 5.08. The second-order valence-corrected chi connectivity index (χ2v) is 2.48. The number of hydrogen-bond donors (Lipinski definition) is 1. The molecule has 0 aromatic rings. The summed E-state index contributed by atoms with van der Waals surface area (Å²) in [5.41, 5.74) is 0. The normalized spacial score (nSPS) is 9.00. The molecule has 0 aliphatic carbocycles. The van der Waals surface area contributed by atoms with E-state index in [-0.39, 0.29) is 5.75 Å². The summed E-state index contributed by atoms with van der Waals surface area (Å²) in [6.45, 7) is 0.772. The van der Waals surface area contributed by atoms with Crippen molar-refractivity contribution in [3.05, 3.63) is 0 Å². The van der Waals surface area contributed by atoms with Gasteiger partial charge < -0.3 is 0 Å². The second-order valence-electron chi connectivity index (χ2n) is 1.46. The third-order valence-electron chi connectivity index (χ3n) is 0.738. The average molecular weight is 136 g/mol. The van der Waals surface area contributed by atoms with E-state index in [0.717, 1.165) is 6.54 Å². The zero-order valence-corrected chi connectivity index (χ0v) is 5.66. The van der Waals surface area contributed by atoms with Crippen molar-refractivity contribution >= 4 is 10.5 Å². The molecule has 0 aliphatic heterocycles. The van der Waals surface area contributed by atoms with Gasteiger partial charge in [-0.05, 0) is 0 Å². The summed E-state index contributed by atoms with van der Waals surface area (Å²) in [6.07, 6.45) is 0.701. The fourth-order valence-corrected chi connectivity index (χ4v) is 0.747. The van der Waals surface area contributed by atoms with E-state index in [1.807, 2.05) is 0 Å². The first-order valence-corrected chi connectivity index (χ1v) is 3.72. The summed E-state index contributed by atoms with van der Waals surface area (Å²) >= 11 is 0. The Morgan fingerprint density at radius 1 is 1.75 bits per heavy atom. The maximum absolute atomic E-state index is 9.85. The molecule has 0 atom stereocenters. The van der Waals surface area contributed by atoms with Gasteiger partial charge in [0.05, 0.1) is 0 Å². The molecule has 3 nitrogen and oxygen atoms in total. The van der Waals surface area contributed by atoms with E-state index in [9.17, 15) is 8.25 Å². The third-order valence-corrected chi connectivity index (χ3v) is 1.36. The minimum atomic E-state index is -1.86. The van der Waals surface area contributed by atoms with Crippen LogP contribution < -0.4 is 5.32 Å². The molecule has 48 valence electrons. The topological polar surface area (TPSA) is 49.0 Å². The molecule has 0 spiro atoms. The van der Waals surface area contributed by atoms with E-state index in [4.69, 9.17) is 0 Å². The van der Waals surface area contributed by atoms with Crippen molar-refractivity contribution in [1.82, 2.24) is 5.32 Å². The Morgan fingerprint density at radius 2 is 2.38 bits per heavy atom. The molecular formula is C4H10NO2S+. The van der Waals surface area contributed by atoms with Crippen LogP contribution in [-0.2, 0) is 14.6 Å². The molecule has 0 saturated carbocycles. The quantitative estimate of drug-likeness (QED) is 0.427. The van der Waals surface area contributed by atoms with Gasteiger partial charge in [-0.25, -0.2) is 0 Å². The summed E-state index contributed by atoms with van der Waals surface area (Å²) in [5, 5.41) is 2.85. The third kappa shape index (κ3) is 5.94. The minimum absolute atomic E-state index is 0.265. The van der Waals surface area contributed by atoms with E-state index in [1.54, 1.807) is 7.05 Å². The van der Waals surface area contributed by atoms with Crippen LogP contribution in [0.25, 0.3) is 0 Å². The zero-order valence-electron chi connectivity index (χ0n) is 4.85. The standard InChI is InChI=1S/C4H10NO2S/c1-5-3-2-4-8(6)7/h5H,2-4H2,1H3/q+1. The first kappa shape index (κ1) is 7.94. The van der Waals surface area contributed by atoms with Crippen molar-refractivity contribution in [1.29, 1.82) is 0 Å². The Kier molecular flexibility index (Phi) is 5.05. The molecular weight excluding hydrogens is 126 g/mol. The Labute approximate surface area is 50.7 Å². The predicted molar refractivity (Wildman–Crippen MR) is 32.2 cm³/mol. The van der Waals surface area contributed by atoms with Gasteiger partial charge in [-0.1, -0.05) is 0 Å². The fourth-order valence-electron chi connectivity index (χ4n) is 0.367. The van der Waals surface area contributed by atoms with Gasteiger partial charge in [-0.15, -0.1) is 0 Å². The van der Waals surface area contributed by atoms with Gasteiger partial charge in [0.15, 0.2) is 0 Å². The van der Waals surface area contributed by atoms with Gasteiger partial charge in [0.1, 0.15) is 0 Å². The van der Waals surface area contributed by atoms with Gasteiger partial charge in [-0.3, -0.25) is 0 Å². The van der Waals surface area contributed by atoms with Crippen LogP contribution in [0, 0.1) is 0 Å². The van der Waals surface area contributed by atoms with Crippen LogP contribution in [0.15, 0.2) is 0 Å². The molecule has 0 aromatic carbocycles. The summed E-state index contributed by atoms with van der Waals surface area (Å²) in [4.78, 5) is 0. The number of hydrogen-bond acceptors (Lipinski definition) is 2. The molecule has 0 rings (SSSR count). The van der Waals surface area contributed by atoms with Crippen LogP contribution in [-0.4, -0.2) is 23.6 Å². The van der Waals surface area contributed by atoms with E-state index in [1.165, 1.54) is 0 Å². The van der Waals surface area contributed by atoms with Crippen LogP contribution in [0.2, 0.25) is 0 Å². The summed E-state index contributed by atoms with van der Waals surface area (Å²) < 4.78 is 19.7. The summed E-state index contributed by atoms with van der Waals surface area (Å²) in [5.74, 6) is 0.265. The molecule has 0 aliphatic rings. The first-order chi connectivity index (χ1) is 3.77. The van der Waals surface area contributed by atoms with E-state index in [0.29, 0.717) is 6.42 Å². The first-order valence-electron chi connectivity index (χ1n) is 2.48. The van der Waals surface area contributed by atoms with Gasteiger partial charge in [0.25, 0.3) is 0 Å². The van der Waals surface area contributed by atoms with E-state index in [2.05, 4.69) is 5.32 Å². The molecule has 0 aromatic heterocycles. The van der Waals surface area contributed by atoms with Crippen LogP contribution in [0.5, 0.6) is 0 Å². The predicted octanol–water partition coefficient (Wildman–Crippen LogP) is -0.310. The Morgan fingerprint density at radius 3 is 2.75 bits per heavy atom. The van der Waals surface area contributed by atoms with Gasteiger partial charge >= 0.3 is 49.9 Å². The molecule has 0 unspecified atom stereocenters. The molecule has 0 fully saturated rings. The summed E-state index contributed by atoms with van der Waals surface area (Å²) in [7, 11) is -0.0577. The van der Waals surface area contributed by atoms with Crippen LogP contribution in [0.4, 0.5) is 0 Å². The van der Waals surface area contributed by atoms with Gasteiger partial charge in [0.2, 0.25) is 0 Å².